The molecule has 0 spiro atoms. The molecule has 3 rings (SSSR count). The van der Waals surface area contributed by atoms with Crippen LogP contribution in [0.4, 0.5) is 0 Å². The highest BCUT2D eigenvalue weighted by Gasteiger charge is 2.25. The van der Waals surface area contributed by atoms with Crippen LogP contribution in [0, 0.1) is 16.7 Å². The lowest BCUT2D eigenvalue weighted by molar-refractivity contribution is -0.116. The van der Waals surface area contributed by atoms with Gasteiger partial charge >= 0.3 is 0 Å². The maximum atomic E-state index is 12.5. The van der Waals surface area contributed by atoms with Crippen LogP contribution in [0.2, 0.25) is 0 Å². The molecule has 1 unspecified atom stereocenters. The Morgan fingerprint density at radius 1 is 1.54 bits per heavy atom. The molecule has 2 aromatic rings. The second kappa shape index (κ2) is 7.35. The standard InChI is InChI=1S/C18H20N6O2/c19-5-11(7-22-9-15(21)25)14-10-24(13-3-1-2-4-13)17-12(6-20)8-23-18(26)16(14)17/h5,7-8,10-11,13,19H,1-4,9H2,(H2,21,25)(H,23,26). The van der Waals surface area contributed by atoms with Crippen molar-refractivity contribution >= 4 is 29.2 Å². The molecule has 26 heavy (non-hydrogen) atoms. The fraction of sp³-hybridized carbons (Fsp3) is 0.389. The molecular formula is C18H20N6O2. The number of rotatable bonds is 6. The number of fused-ring (bicyclic) bond motifs is 1. The first-order valence-corrected chi connectivity index (χ1v) is 8.52. The predicted octanol–water partition coefficient (Wildman–Crippen LogP) is 1.61. The summed E-state index contributed by atoms with van der Waals surface area (Å²) in [5.41, 5.74) is 6.40. The van der Waals surface area contributed by atoms with Crippen LogP contribution in [0.5, 0.6) is 0 Å². The van der Waals surface area contributed by atoms with E-state index in [4.69, 9.17) is 11.1 Å². The van der Waals surface area contributed by atoms with Crippen LogP contribution in [0.15, 0.2) is 22.2 Å². The molecule has 134 valence electrons. The molecule has 2 heterocycles. The van der Waals surface area contributed by atoms with E-state index in [1.54, 1.807) is 0 Å². The molecular weight excluding hydrogens is 332 g/mol. The molecule has 8 heteroatoms. The molecule has 0 bridgehead atoms. The molecule has 0 aliphatic heterocycles. The minimum Gasteiger partial charge on any atom is -0.368 e. The van der Waals surface area contributed by atoms with Gasteiger partial charge < -0.3 is 20.7 Å². The quantitative estimate of drug-likeness (QED) is 0.680. The minimum atomic E-state index is -0.574. The smallest absolute Gasteiger partial charge is 0.257 e. The summed E-state index contributed by atoms with van der Waals surface area (Å²) >= 11 is 0. The van der Waals surface area contributed by atoms with Crippen LogP contribution >= 0.6 is 0 Å². The zero-order valence-electron chi connectivity index (χ0n) is 14.2. The number of primary amides is 1. The first kappa shape index (κ1) is 17.6. The highest BCUT2D eigenvalue weighted by atomic mass is 16.1. The summed E-state index contributed by atoms with van der Waals surface area (Å²) in [7, 11) is 0. The topological polar surface area (TPSA) is 141 Å². The number of hydrogen-bond donors (Lipinski definition) is 3. The number of nitrogens with two attached hydrogens (primary N) is 1. The van der Waals surface area contributed by atoms with Gasteiger partial charge in [-0.2, -0.15) is 5.26 Å². The summed E-state index contributed by atoms with van der Waals surface area (Å²) in [5.74, 6) is -1.14. The van der Waals surface area contributed by atoms with Gasteiger partial charge in [0.25, 0.3) is 5.56 Å². The molecule has 1 aliphatic carbocycles. The first-order valence-electron chi connectivity index (χ1n) is 8.52. The SMILES string of the molecule is N#Cc1c[nH]c(=O)c2c(C(C=N)C=NCC(N)=O)cn(C3CCCC3)c12. The van der Waals surface area contributed by atoms with Crippen molar-refractivity contribution in [1.29, 1.82) is 10.7 Å². The van der Waals surface area contributed by atoms with Crippen molar-refractivity contribution in [2.24, 2.45) is 10.7 Å². The lowest BCUT2D eigenvalue weighted by Crippen LogP contribution is -2.15. The van der Waals surface area contributed by atoms with Crippen molar-refractivity contribution in [2.75, 3.05) is 6.54 Å². The van der Waals surface area contributed by atoms with Gasteiger partial charge in [-0.25, -0.2) is 0 Å². The van der Waals surface area contributed by atoms with Crippen LogP contribution in [0.25, 0.3) is 10.9 Å². The lowest BCUT2D eigenvalue weighted by Gasteiger charge is -2.13. The highest BCUT2D eigenvalue weighted by Crippen LogP contribution is 2.35. The van der Waals surface area contributed by atoms with Crippen molar-refractivity contribution < 1.29 is 4.79 Å². The van der Waals surface area contributed by atoms with Gasteiger partial charge in [-0.1, -0.05) is 12.8 Å². The van der Waals surface area contributed by atoms with Gasteiger partial charge in [0.1, 0.15) is 12.6 Å². The Kier molecular flexibility index (Phi) is 4.98. The summed E-state index contributed by atoms with van der Waals surface area (Å²) in [4.78, 5) is 30.0. The second-order valence-electron chi connectivity index (χ2n) is 6.45. The normalized spacial score (nSPS) is 16.1. The summed E-state index contributed by atoms with van der Waals surface area (Å²) in [5, 5.41) is 17.6. The molecule has 1 saturated carbocycles. The van der Waals surface area contributed by atoms with Crippen LogP contribution in [0.1, 0.15) is 48.8 Å². The molecule has 1 amide bonds. The second-order valence-corrected chi connectivity index (χ2v) is 6.45. The molecule has 1 fully saturated rings. The van der Waals surface area contributed by atoms with Gasteiger partial charge in [0.05, 0.1) is 22.4 Å². The average Bonchev–Trinajstić information content (AvgIpc) is 3.27. The highest BCUT2D eigenvalue weighted by molar-refractivity contribution is 5.98. The summed E-state index contributed by atoms with van der Waals surface area (Å²) in [6.07, 6.45) is 10.1. The minimum absolute atomic E-state index is 0.175. The molecule has 0 saturated heterocycles. The zero-order chi connectivity index (χ0) is 18.7. The Hall–Kier alpha value is -3.21. The lowest BCUT2D eigenvalue weighted by atomic mass is 10.0. The van der Waals surface area contributed by atoms with E-state index in [1.165, 1.54) is 12.4 Å². The third-order valence-electron chi connectivity index (χ3n) is 4.78. The van der Waals surface area contributed by atoms with Crippen molar-refractivity contribution in [2.45, 2.75) is 37.6 Å². The van der Waals surface area contributed by atoms with Crippen molar-refractivity contribution in [3.63, 3.8) is 0 Å². The van der Waals surface area contributed by atoms with Crippen molar-refractivity contribution in [1.82, 2.24) is 9.55 Å². The van der Waals surface area contributed by atoms with E-state index in [-0.39, 0.29) is 18.1 Å². The largest absolute Gasteiger partial charge is 0.368 e. The number of nitriles is 1. The Labute approximate surface area is 149 Å². The van der Waals surface area contributed by atoms with Crippen LogP contribution < -0.4 is 11.3 Å². The van der Waals surface area contributed by atoms with Crippen molar-refractivity contribution in [3.05, 3.63) is 33.9 Å². The van der Waals surface area contributed by atoms with E-state index in [0.717, 1.165) is 31.9 Å². The number of aromatic amines is 1. The molecule has 4 N–H and O–H groups in total. The van der Waals surface area contributed by atoms with E-state index < -0.39 is 11.8 Å². The van der Waals surface area contributed by atoms with Gasteiger partial charge in [-0.3, -0.25) is 14.6 Å². The third-order valence-corrected chi connectivity index (χ3v) is 4.78. The number of nitrogens with one attached hydrogen (secondary N) is 2. The average molecular weight is 352 g/mol. The van der Waals surface area contributed by atoms with Gasteiger partial charge in [-0.05, 0) is 18.4 Å². The molecule has 1 aliphatic rings. The van der Waals surface area contributed by atoms with E-state index in [0.29, 0.717) is 22.0 Å². The van der Waals surface area contributed by atoms with Crippen LogP contribution in [0.3, 0.4) is 0 Å². The Morgan fingerprint density at radius 2 is 2.27 bits per heavy atom. The fourth-order valence-corrected chi connectivity index (χ4v) is 3.61. The molecule has 0 aromatic carbocycles. The predicted molar refractivity (Wildman–Crippen MR) is 98.9 cm³/mol. The van der Waals surface area contributed by atoms with Crippen molar-refractivity contribution in [3.8, 4) is 6.07 Å². The molecule has 1 atom stereocenters. The summed E-state index contributed by atoms with van der Waals surface area (Å²) < 4.78 is 2.00. The van der Waals surface area contributed by atoms with E-state index in [2.05, 4.69) is 16.0 Å². The van der Waals surface area contributed by atoms with Crippen LogP contribution in [-0.4, -0.2) is 34.4 Å². The van der Waals surface area contributed by atoms with E-state index in [9.17, 15) is 14.9 Å². The number of hydrogen-bond acceptors (Lipinski definition) is 5. The van der Waals surface area contributed by atoms with Gasteiger partial charge in [0.15, 0.2) is 0 Å². The fourth-order valence-electron chi connectivity index (χ4n) is 3.61. The number of carbonyl (C=O) groups excluding carboxylic acids is 1. The first-order chi connectivity index (χ1) is 12.6. The Balaban J connectivity index is 2.20. The Bertz CT molecular complexity index is 972. The number of pyridine rings is 1. The number of H-pyrrole nitrogens is 1. The molecule has 8 nitrogen and oxygen atoms in total. The maximum Gasteiger partial charge on any atom is 0.257 e. The van der Waals surface area contributed by atoms with E-state index in [1.807, 2.05) is 10.8 Å². The number of amides is 1. The van der Waals surface area contributed by atoms with E-state index >= 15 is 0 Å². The zero-order valence-corrected chi connectivity index (χ0v) is 14.2. The molecule has 0 radical (unpaired) electrons. The summed E-state index contributed by atoms with van der Waals surface area (Å²) in [6, 6.07) is 2.38. The number of aliphatic imine (C=N–C) groups is 1. The Morgan fingerprint density at radius 3 is 2.88 bits per heavy atom. The number of nitrogens with zero attached hydrogens (tertiary/aromatic N) is 3. The van der Waals surface area contributed by atoms with Gasteiger partial charge in [-0.15, -0.1) is 0 Å². The van der Waals surface area contributed by atoms with Gasteiger partial charge in [0, 0.05) is 30.9 Å². The maximum absolute atomic E-state index is 12.5. The monoisotopic (exact) mass is 352 g/mol. The van der Waals surface area contributed by atoms with Crippen LogP contribution in [-0.2, 0) is 4.79 Å². The number of carbonyl (C=O) groups is 1. The summed E-state index contributed by atoms with van der Waals surface area (Å²) in [6.45, 7) is -0.175. The third kappa shape index (κ3) is 3.16. The van der Waals surface area contributed by atoms with Gasteiger partial charge in [0.2, 0.25) is 5.91 Å². The molecule has 2 aromatic heterocycles. The number of aromatic nitrogens is 2.